The molecule has 1 aromatic carbocycles. The number of aryl methyl sites for hydroxylation is 1. The third-order valence-corrected chi connectivity index (χ3v) is 6.99. The molecule has 2 aromatic rings. The molecule has 0 unspecified atom stereocenters. The van der Waals surface area contributed by atoms with Gasteiger partial charge in [-0.25, -0.2) is 8.42 Å². The first kappa shape index (κ1) is 19.1. The second kappa shape index (κ2) is 7.13. The zero-order valence-electron chi connectivity index (χ0n) is 16.1. The van der Waals surface area contributed by atoms with Crippen molar-refractivity contribution in [3.63, 3.8) is 0 Å². The molecule has 0 fully saturated rings. The summed E-state index contributed by atoms with van der Waals surface area (Å²) in [5, 5.41) is 4.41. The summed E-state index contributed by atoms with van der Waals surface area (Å²) >= 11 is 0. The average molecular weight is 378 g/mol. The Morgan fingerprint density at radius 2 is 1.92 bits per heavy atom. The first-order valence-corrected chi connectivity index (χ1v) is 10.4. The molecule has 0 saturated heterocycles. The van der Waals surface area contributed by atoms with Gasteiger partial charge in [-0.1, -0.05) is 24.3 Å². The summed E-state index contributed by atoms with van der Waals surface area (Å²) < 4.78 is 35.3. The molecular weight excluding hydrogens is 350 g/mol. The van der Waals surface area contributed by atoms with E-state index >= 15 is 0 Å². The van der Waals surface area contributed by atoms with E-state index in [0.29, 0.717) is 29.4 Å². The van der Waals surface area contributed by atoms with E-state index in [2.05, 4.69) is 17.2 Å². The number of hydrogen-bond acceptors (Lipinski definition) is 4. The van der Waals surface area contributed by atoms with Crippen LogP contribution in [0.15, 0.2) is 29.2 Å². The maximum Gasteiger partial charge on any atom is 0.246 e. The van der Waals surface area contributed by atoms with Gasteiger partial charge < -0.3 is 4.74 Å². The molecule has 0 bridgehead atoms. The average Bonchev–Trinajstić information content (AvgIpc) is 2.90. The molecule has 26 heavy (non-hydrogen) atoms. The van der Waals surface area contributed by atoms with Crippen LogP contribution < -0.4 is 0 Å². The third kappa shape index (κ3) is 3.43. The topological polar surface area (TPSA) is 64.4 Å². The van der Waals surface area contributed by atoms with Crippen LogP contribution in [-0.2, 0) is 27.8 Å². The molecule has 0 aliphatic carbocycles. The molecule has 7 heteroatoms. The standard InChI is InChI=1S/C19H27N3O3S/c1-13(2)22-15(4)19(14(3)20-22)26(23,24)21(5)11-18-10-16-8-6-7-9-17(16)12-25-18/h6-9,13,18H,10-12H2,1-5H3/t18-/m0/s1. The largest absolute Gasteiger partial charge is 0.372 e. The van der Waals surface area contributed by atoms with E-state index in [-0.39, 0.29) is 12.1 Å². The van der Waals surface area contributed by atoms with Crippen LogP contribution in [-0.4, -0.2) is 42.2 Å². The molecule has 1 atom stereocenters. The van der Waals surface area contributed by atoms with Crippen LogP contribution in [0.3, 0.4) is 0 Å². The van der Waals surface area contributed by atoms with E-state index < -0.39 is 10.0 Å². The van der Waals surface area contributed by atoms with Crippen LogP contribution in [0.5, 0.6) is 0 Å². The summed E-state index contributed by atoms with van der Waals surface area (Å²) in [5.74, 6) is 0. The molecule has 3 rings (SSSR count). The minimum absolute atomic E-state index is 0.112. The zero-order chi connectivity index (χ0) is 19.1. The summed E-state index contributed by atoms with van der Waals surface area (Å²) in [7, 11) is -2.00. The molecule has 0 N–H and O–H groups in total. The first-order chi connectivity index (χ1) is 12.2. The fourth-order valence-electron chi connectivity index (χ4n) is 3.59. The number of ether oxygens (including phenoxy) is 1. The number of likely N-dealkylation sites (N-methyl/N-ethyl adjacent to an activating group) is 1. The second-order valence-electron chi connectivity index (χ2n) is 7.23. The normalized spacial score (nSPS) is 17.7. The van der Waals surface area contributed by atoms with Crippen LogP contribution in [0.2, 0.25) is 0 Å². The number of nitrogens with zero attached hydrogens (tertiary/aromatic N) is 3. The fourth-order valence-corrected chi connectivity index (χ4v) is 5.15. The number of benzene rings is 1. The lowest BCUT2D eigenvalue weighted by Crippen LogP contribution is -2.38. The Balaban J connectivity index is 1.81. The van der Waals surface area contributed by atoms with Crippen molar-refractivity contribution in [3.8, 4) is 0 Å². The summed E-state index contributed by atoms with van der Waals surface area (Å²) in [6.07, 6.45) is 0.574. The van der Waals surface area contributed by atoms with Crippen LogP contribution in [0, 0.1) is 13.8 Å². The van der Waals surface area contributed by atoms with Crippen molar-refractivity contribution in [2.24, 2.45) is 0 Å². The van der Waals surface area contributed by atoms with Crippen molar-refractivity contribution in [3.05, 3.63) is 46.8 Å². The fraction of sp³-hybridized carbons (Fsp3) is 0.526. The maximum atomic E-state index is 13.1. The molecule has 2 heterocycles. The lowest BCUT2D eigenvalue weighted by Gasteiger charge is -2.28. The van der Waals surface area contributed by atoms with Crippen molar-refractivity contribution < 1.29 is 13.2 Å². The highest BCUT2D eigenvalue weighted by atomic mass is 32.2. The van der Waals surface area contributed by atoms with Gasteiger partial charge in [-0.15, -0.1) is 0 Å². The summed E-state index contributed by atoms with van der Waals surface area (Å²) in [4.78, 5) is 0.310. The Morgan fingerprint density at radius 3 is 2.54 bits per heavy atom. The number of sulfonamides is 1. The monoisotopic (exact) mass is 377 g/mol. The highest BCUT2D eigenvalue weighted by Crippen LogP contribution is 2.26. The van der Waals surface area contributed by atoms with E-state index in [1.54, 1.807) is 18.7 Å². The van der Waals surface area contributed by atoms with Crippen molar-refractivity contribution in [2.45, 2.75) is 57.8 Å². The number of fused-ring (bicyclic) bond motifs is 1. The quantitative estimate of drug-likeness (QED) is 0.804. The Bertz CT molecular complexity index is 903. The van der Waals surface area contributed by atoms with E-state index in [1.165, 1.54) is 15.4 Å². The van der Waals surface area contributed by atoms with E-state index in [0.717, 1.165) is 6.42 Å². The highest BCUT2D eigenvalue weighted by molar-refractivity contribution is 7.89. The molecule has 142 valence electrons. The van der Waals surface area contributed by atoms with Gasteiger partial charge in [0.05, 0.1) is 24.1 Å². The van der Waals surface area contributed by atoms with Gasteiger partial charge in [0, 0.05) is 26.1 Å². The molecule has 6 nitrogen and oxygen atoms in total. The van der Waals surface area contributed by atoms with Gasteiger partial charge in [0.2, 0.25) is 10.0 Å². The molecule has 1 aromatic heterocycles. The van der Waals surface area contributed by atoms with Gasteiger partial charge in [0.15, 0.2) is 0 Å². The van der Waals surface area contributed by atoms with Crippen molar-refractivity contribution in [2.75, 3.05) is 13.6 Å². The maximum absolute atomic E-state index is 13.1. The predicted octanol–water partition coefficient (Wildman–Crippen LogP) is 2.84. The number of hydrogen-bond donors (Lipinski definition) is 0. The van der Waals surface area contributed by atoms with Crippen LogP contribution in [0.4, 0.5) is 0 Å². The first-order valence-electron chi connectivity index (χ1n) is 8.92. The summed E-state index contributed by atoms with van der Waals surface area (Å²) in [6.45, 7) is 8.40. The van der Waals surface area contributed by atoms with Crippen molar-refractivity contribution >= 4 is 10.0 Å². The molecule has 0 spiro atoms. The number of aromatic nitrogens is 2. The van der Waals surface area contributed by atoms with Gasteiger partial charge in [-0.05, 0) is 38.8 Å². The van der Waals surface area contributed by atoms with Crippen LogP contribution in [0.1, 0.15) is 42.4 Å². The third-order valence-electron chi connectivity index (χ3n) is 4.92. The van der Waals surface area contributed by atoms with Gasteiger partial charge in [-0.3, -0.25) is 4.68 Å². The SMILES string of the molecule is Cc1nn(C(C)C)c(C)c1S(=O)(=O)N(C)C[C@@H]1Cc2ccccc2CO1. The van der Waals surface area contributed by atoms with Gasteiger partial charge >= 0.3 is 0 Å². The second-order valence-corrected chi connectivity index (χ2v) is 9.21. The van der Waals surface area contributed by atoms with E-state index in [4.69, 9.17) is 4.74 Å². The molecule has 0 radical (unpaired) electrons. The Hall–Kier alpha value is -1.70. The van der Waals surface area contributed by atoms with Gasteiger partial charge in [-0.2, -0.15) is 9.40 Å². The van der Waals surface area contributed by atoms with Crippen LogP contribution >= 0.6 is 0 Å². The minimum atomic E-state index is -3.62. The Morgan fingerprint density at radius 1 is 1.27 bits per heavy atom. The smallest absolute Gasteiger partial charge is 0.246 e. The van der Waals surface area contributed by atoms with Gasteiger partial charge in [0.1, 0.15) is 4.90 Å². The van der Waals surface area contributed by atoms with E-state index in [9.17, 15) is 8.42 Å². The minimum Gasteiger partial charge on any atom is -0.372 e. The molecule has 0 amide bonds. The summed E-state index contributed by atoms with van der Waals surface area (Å²) in [5.41, 5.74) is 3.63. The number of rotatable bonds is 5. The predicted molar refractivity (Wildman–Crippen MR) is 101 cm³/mol. The van der Waals surface area contributed by atoms with E-state index in [1.807, 2.05) is 32.9 Å². The summed E-state index contributed by atoms with van der Waals surface area (Å²) in [6, 6.07) is 8.26. The Labute approximate surface area is 155 Å². The highest BCUT2D eigenvalue weighted by Gasteiger charge is 2.31. The lowest BCUT2D eigenvalue weighted by molar-refractivity contribution is 0.0202. The zero-order valence-corrected chi connectivity index (χ0v) is 16.9. The molecule has 1 aliphatic heterocycles. The van der Waals surface area contributed by atoms with Crippen molar-refractivity contribution in [1.29, 1.82) is 0 Å². The molecular formula is C19H27N3O3S. The Kier molecular flexibility index (Phi) is 5.23. The lowest BCUT2D eigenvalue weighted by atomic mass is 9.99. The van der Waals surface area contributed by atoms with Gasteiger partial charge in [0.25, 0.3) is 0 Å². The van der Waals surface area contributed by atoms with Crippen molar-refractivity contribution in [1.82, 2.24) is 14.1 Å². The molecule has 1 aliphatic rings. The molecule has 0 saturated carbocycles. The van der Waals surface area contributed by atoms with Crippen LogP contribution in [0.25, 0.3) is 0 Å².